The maximum absolute atomic E-state index is 11.7. The summed E-state index contributed by atoms with van der Waals surface area (Å²) >= 11 is 3.76. The van der Waals surface area contributed by atoms with Crippen molar-refractivity contribution in [1.29, 1.82) is 0 Å². The van der Waals surface area contributed by atoms with Crippen LogP contribution in [0.2, 0.25) is 0 Å². The normalized spacial score (nSPS) is 11.3. The Morgan fingerprint density at radius 3 is 2.64 bits per heavy atom. The number of aromatic nitrogens is 6. The maximum atomic E-state index is 11.7. The standard InChI is InChI=1S/C17H23N7O2S2/c1-12-9-23(17(26)22-16(12)25)3-2-5-27-7-8-28-6-4-24-11-21-13-14(18)19-10-20-15(13)24/h9-11H,2-8H2,1H3,(H2,18,19,20)(H,22,25,26). The van der Waals surface area contributed by atoms with Crippen molar-refractivity contribution < 1.29 is 0 Å². The van der Waals surface area contributed by atoms with Crippen molar-refractivity contribution in [2.24, 2.45) is 0 Å². The second kappa shape index (κ2) is 9.78. The highest BCUT2D eigenvalue weighted by Gasteiger charge is 2.07. The molecule has 0 saturated carbocycles. The lowest BCUT2D eigenvalue weighted by molar-refractivity contribution is 0.632. The number of nitrogen functional groups attached to an aromatic ring is 1. The lowest BCUT2D eigenvalue weighted by Crippen LogP contribution is -2.30. The molecule has 28 heavy (non-hydrogen) atoms. The summed E-state index contributed by atoms with van der Waals surface area (Å²) in [5, 5.41) is 0. The second-order valence-corrected chi connectivity index (χ2v) is 8.66. The van der Waals surface area contributed by atoms with Crippen molar-refractivity contribution in [3.8, 4) is 0 Å². The third-order valence-electron chi connectivity index (χ3n) is 4.15. The van der Waals surface area contributed by atoms with E-state index in [1.807, 2.05) is 28.1 Å². The highest BCUT2D eigenvalue weighted by molar-refractivity contribution is 8.02. The minimum atomic E-state index is -0.338. The summed E-state index contributed by atoms with van der Waals surface area (Å²) in [5.74, 6) is 4.48. The Balaban J connectivity index is 1.29. The molecular formula is C17H23N7O2S2. The van der Waals surface area contributed by atoms with Gasteiger partial charge >= 0.3 is 5.69 Å². The molecule has 0 aliphatic heterocycles. The first-order valence-electron chi connectivity index (χ1n) is 8.93. The lowest BCUT2D eigenvalue weighted by Gasteiger charge is -2.06. The Bertz CT molecular complexity index is 1040. The van der Waals surface area contributed by atoms with Crippen molar-refractivity contribution in [2.75, 3.05) is 28.7 Å². The van der Waals surface area contributed by atoms with Crippen LogP contribution in [0.3, 0.4) is 0 Å². The van der Waals surface area contributed by atoms with E-state index in [9.17, 15) is 9.59 Å². The summed E-state index contributed by atoms with van der Waals surface area (Å²) in [6, 6.07) is 0. The van der Waals surface area contributed by atoms with Crippen molar-refractivity contribution in [2.45, 2.75) is 26.4 Å². The molecule has 3 rings (SSSR count). The summed E-state index contributed by atoms with van der Waals surface area (Å²) in [4.78, 5) is 37.8. The predicted octanol–water partition coefficient (Wildman–Crippen LogP) is 1.12. The number of nitrogens with zero attached hydrogens (tertiary/aromatic N) is 5. The molecule has 0 saturated heterocycles. The number of fused-ring (bicyclic) bond motifs is 1. The minimum Gasteiger partial charge on any atom is -0.382 e. The van der Waals surface area contributed by atoms with Gasteiger partial charge in [0.15, 0.2) is 11.5 Å². The number of hydrogen-bond acceptors (Lipinski definition) is 8. The Hall–Kier alpha value is -2.27. The van der Waals surface area contributed by atoms with Crippen LogP contribution in [0.4, 0.5) is 5.82 Å². The maximum Gasteiger partial charge on any atom is 0.328 e. The van der Waals surface area contributed by atoms with Gasteiger partial charge in [0.25, 0.3) is 5.56 Å². The van der Waals surface area contributed by atoms with Crippen molar-refractivity contribution >= 4 is 40.5 Å². The Labute approximate surface area is 170 Å². The predicted molar refractivity (Wildman–Crippen MR) is 115 cm³/mol. The largest absolute Gasteiger partial charge is 0.382 e. The van der Waals surface area contributed by atoms with Gasteiger partial charge < -0.3 is 14.9 Å². The topological polar surface area (TPSA) is 124 Å². The minimum absolute atomic E-state index is 0.313. The number of rotatable bonds is 10. The van der Waals surface area contributed by atoms with E-state index in [1.165, 1.54) is 6.33 Å². The van der Waals surface area contributed by atoms with Crippen LogP contribution in [-0.4, -0.2) is 52.1 Å². The molecule has 0 aromatic carbocycles. The fourth-order valence-corrected chi connectivity index (χ4v) is 4.68. The summed E-state index contributed by atoms with van der Waals surface area (Å²) < 4.78 is 3.56. The Morgan fingerprint density at radius 1 is 1.04 bits per heavy atom. The molecule has 0 fully saturated rings. The molecule has 11 heteroatoms. The highest BCUT2D eigenvalue weighted by Crippen LogP contribution is 2.15. The van der Waals surface area contributed by atoms with Gasteiger partial charge in [-0.25, -0.2) is 19.7 Å². The zero-order valence-corrected chi connectivity index (χ0v) is 17.3. The quantitative estimate of drug-likeness (QED) is 0.467. The van der Waals surface area contributed by atoms with Gasteiger partial charge in [-0.05, 0) is 19.1 Å². The van der Waals surface area contributed by atoms with Gasteiger partial charge in [-0.3, -0.25) is 9.78 Å². The van der Waals surface area contributed by atoms with E-state index in [0.29, 0.717) is 23.4 Å². The molecule has 0 bridgehead atoms. The summed E-state index contributed by atoms with van der Waals surface area (Å²) in [5.41, 5.74) is 7.13. The van der Waals surface area contributed by atoms with Gasteiger partial charge in [-0.15, -0.1) is 0 Å². The molecule has 0 aliphatic carbocycles. The van der Waals surface area contributed by atoms with Crippen LogP contribution < -0.4 is 17.0 Å². The molecule has 3 N–H and O–H groups in total. The van der Waals surface area contributed by atoms with E-state index >= 15 is 0 Å². The van der Waals surface area contributed by atoms with Gasteiger partial charge in [0, 0.05) is 42.1 Å². The van der Waals surface area contributed by atoms with Crippen molar-refractivity contribution in [3.63, 3.8) is 0 Å². The molecule has 3 aromatic heterocycles. The molecule has 0 radical (unpaired) electrons. The number of nitrogens with one attached hydrogen (secondary N) is 1. The van der Waals surface area contributed by atoms with Crippen LogP contribution in [0.25, 0.3) is 11.2 Å². The van der Waals surface area contributed by atoms with Crippen molar-refractivity contribution in [3.05, 3.63) is 45.3 Å². The van der Waals surface area contributed by atoms with Crippen LogP contribution in [0, 0.1) is 6.92 Å². The van der Waals surface area contributed by atoms with Gasteiger partial charge in [0.2, 0.25) is 0 Å². The van der Waals surface area contributed by atoms with Crippen LogP contribution >= 0.6 is 23.5 Å². The van der Waals surface area contributed by atoms with Crippen LogP contribution in [0.5, 0.6) is 0 Å². The molecule has 0 amide bonds. The molecule has 3 heterocycles. The number of imidazole rings is 1. The van der Waals surface area contributed by atoms with E-state index in [2.05, 4.69) is 19.9 Å². The number of thioether (sulfide) groups is 2. The number of anilines is 1. The number of aromatic amines is 1. The molecule has 150 valence electrons. The first-order valence-corrected chi connectivity index (χ1v) is 11.2. The first-order chi connectivity index (χ1) is 13.6. The third-order valence-corrected chi connectivity index (χ3v) is 6.45. The van der Waals surface area contributed by atoms with Gasteiger partial charge in [-0.1, -0.05) is 0 Å². The van der Waals surface area contributed by atoms with E-state index in [0.717, 1.165) is 41.6 Å². The van der Waals surface area contributed by atoms with Crippen LogP contribution in [-0.2, 0) is 13.1 Å². The zero-order valence-electron chi connectivity index (χ0n) is 15.6. The van der Waals surface area contributed by atoms with E-state index in [1.54, 1.807) is 24.0 Å². The molecule has 0 aliphatic rings. The van der Waals surface area contributed by atoms with Gasteiger partial charge in [0.1, 0.15) is 11.8 Å². The monoisotopic (exact) mass is 421 g/mol. The zero-order chi connectivity index (χ0) is 19.9. The molecule has 0 atom stereocenters. The molecule has 9 nitrogen and oxygen atoms in total. The number of aryl methyl sites for hydroxylation is 3. The molecular weight excluding hydrogens is 398 g/mol. The summed E-state index contributed by atoms with van der Waals surface area (Å²) in [6.45, 7) is 3.15. The number of nitrogens with two attached hydrogens (primary N) is 1. The van der Waals surface area contributed by atoms with Gasteiger partial charge in [0.05, 0.1) is 6.33 Å². The second-order valence-electron chi connectivity index (χ2n) is 6.21. The summed E-state index contributed by atoms with van der Waals surface area (Å²) in [6.07, 6.45) is 5.73. The van der Waals surface area contributed by atoms with Crippen molar-refractivity contribution in [1.82, 2.24) is 29.1 Å². The van der Waals surface area contributed by atoms with E-state index in [4.69, 9.17) is 5.73 Å². The van der Waals surface area contributed by atoms with E-state index < -0.39 is 0 Å². The lowest BCUT2D eigenvalue weighted by atomic mass is 10.4. The number of H-pyrrole nitrogens is 1. The number of hydrogen-bond donors (Lipinski definition) is 2. The average molecular weight is 422 g/mol. The third kappa shape index (κ3) is 5.16. The molecule has 3 aromatic rings. The highest BCUT2D eigenvalue weighted by atomic mass is 32.2. The SMILES string of the molecule is Cc1cn(CCCSCCSCCn2cnc3c(N)ncnc32)c(=O)[nH]c1=O. The summed E-state index contributed by atoms with van der Waals surface area (Å²) in [7, 11) is 0. The van der Waals surface area contributed by atoms with Crippen LogP contribution in [0.1, 0.15) is 12.0 Å². The first kappa shape index (κ1) is 20.5. The van der Waals surface area contributed by atoms with Crippen LogP contribution in [0.15, 0.2) is 28.4 Å². The fraction of sp³-hybridized carbons (Fsp3) is 0.471. The smallest absolute Gasteiger partial charge is 0.328 e. The Morgan fingerprint density at radius 2 is 1.82 bits per heavy atom. The molecule has 0 spiro atoms. The van der Waals surface area contributed by atoms with Gasteiger partial charge in [-0.2, -0.15) is 23.5 Å². The Kier molecular flexibility index (Phi) is 7.15. The molecule has 0 unspecified atom stereocenters. The van der Waals surface area contributed by atoms with E-state index in [-0.39, 0.29) is 11.2 Å². The average Bonchev–Trinajstić information content (AvgIpc) is 3.09. The fourth-order valence-electron chi connectivity index (χ4n) is 2.67.